The number of hydrogen-bond donors (Lipinski definition) is 1. The molecule has 0 unspecified atom stereocenters. The van der Waals surface area contributed by atoms with E-state index in [0.29, 0.717) is 25.9 Å². The number of piperidine rings is 1. The number of nitrogens with one attached hydrogen (secondary N) is 1. The van der Waals surface area contributed by atoms with Crippen molar-refractivity contribution in [3.05, 3.63) is 58.4 Å². The molecule has 6 nitrogen and oxygen atoms in total. The van der Waals surface area contributed by atoms with Gasteiger partial charge >= 0.3 is 6.09 Å². The highest BCUT2D eigenvalue weighted by Crippen LogP contribution is 2.34. The number of likely N-dealkylation sites (tertiary alicyclic amines) is 1. The van der Waals surface area contributed by atoms with Crippen LogP contribution >= 0.6 is 12.4 Å². The molecule has 0 aliphatic carbocycles. The highest BCUT2D eigenvalue weighted by atomic mass is 35.5. The molecule has 0 radical (unpaired) electrons. The zero-order valence-electron chi connectivity index (χ0n) is 18.3. The van der Waals surface area contributed by atoms with E-state index in [1.807, 2.05) is 30.0 Å². The van der Waals surface area contributed by atoms with Crippen molar-refractivity contribution in [3.8, 4) is 0 Å². The average molecular weight is 484 g/mol. The summed E-state index contributed by atoms with van der Waals surface area (Å²) >= 11 is 0. The summed E-state index contributed by atoms with van der Waals surface area (Å²) in [7, 11) is 0. The molecular weight excluding hydrogens is 459 g/mol. The number of nitrogens with zero attached hydrogens (tertiary/aromatic N) is 2. The smallest absolute Gasteiger partial charge is 0.414 e. The predicted molar refractivity (Wildman–Crippen MR) is 120 cm³/mol. The van der Waals surface area contributed by atoms with Crippen LogP contribution in [-0.2, 0) is 16.1 Å². The number of halogens is 4. The molecule has 1 saturated heterocycles. The Morgan fingerprint density at radius 2 is 1.85 bits per heavy atom. The molecule has 1 fully saturated rings. The Kier molecular flexibility index (Phi) is 7.54. The number of aryl methyl sites for hydroxylation is 1. The van der Waals surface area contributed by atoms with Crippen molar-refractivity contribution < 1.29 is 27.5 Å². The first kappa shape index (κ1) is 24.9. The molecule has 0 aromatic heterocycles. The lowest BCUT2D eigenvalue weighted by Gasteiger charge is -2.40. The number of para-hydroxylation sites is 1. The minimum atomic E-state index is -1.31. The maximum Gasteiger partial charge on any atom is 0.414 e. The maximum atomic E-state index is 14.0. The van der Waals surface area contributed by atoms with Crippen molar-refractivity contribution in [1.82, 2.24) is 4.90 Å². The number of fused-ring (bicyclic) bond motifs is 1. The molecule has 2 amide bonds. The van der Waals surface area contributed by atoms with Crippen LogP contribution in [0.3, 0.4) is 0 Å². The van der Waals surface area contributed by atoms with Gasteiger partial charge in [-0.3, -0.25) is 14.6 Å². The highest BCUT2D eigenvalue weighted by Gasteiger charge is 2.35. The van der Waals surface area contributed by atoms with Gasteiger partial charge in [0.1, 0.15) is 12.4 Å². The number of hydrogen-bond acceptors (Lipinski definition) is 4. The van der Waals surface area contributed by atoms with Gasteiger partial charge in [-0.1, -0.05) is 18.2 Å². The SMILES string of the molecule is Cc1cccc2c1N(C1CCN(CC(=O)Nc3cc(F)c(C)c(F)c3F)CC1)C(=O)OC2.Cl. The maximum absolute atomic E-state index is 14.0. The molecule has 2 aliphatic rings. The Bertz CT molecular complexity index is 1070. The largest absolute Gasteiger partial charge is 0.444 e. The van der Waals surface area contributed by atoms with Crippen LogP contribution in [-0.4, -0.2) is 42.6 Å². The number of carbonyl (C=O) groups excluding carboxylic acids is 2. The van der Waals surface area contributed by atoms with Crippen molar-refractivity contribution in [2.45, 2.75) is 39.3 Å². The topological polar surface area (TPSA) is 61.9 Å². The van der Waals surface area contributed by atoms with E-state index >= 15 is 0 Å². The fourth-order valence-electron chi connectivity index (χ4n) is 4.32. The molecule has 0 atom stereocenters. The Morgan fingerprint density at radius 3 is 2.55 bits per heavy atom. The average Bonchev–Trinajstić information content (AvgIpc) is 2.77. The Balaban J connectivity index is 0.00000306. The fourth-order valence-corrected chi connectivity index (χ4v) is 4.32. The molecule has 0 spiro atoms. The van der Waals surface area contributed by atoms with Gasteiger partial charge in [-0.15, -0.1) is 12.4 Å². The normalized spacial score (nSPS) is 16.6. The number of cyclic esters (lactones) is 1. The summed E-state index contributed by atoms with van der Waals surface area (Å²) < 4.78 is 46.8. The van der Waals surface area contributed by atoms with E-state index in [0.717, 1.165) is 29.8 Å². The van der Waals surface area contributed by atoms with E-state index in [9.17, 15) is 22.8 Å². The van der Waals surface area contributed by atoms with Gasteiger partial charge in [0.2, 0.25) is 5.91 Å². The number of amides is 2. The summed E-state index contributed by atoms with van der Waals surface area (Å²) in [6, 6.07) is 6.54. The van der Waals surface area contributed by atoms with Crippen LogP contribution in [0.4, 0.5) is 29.3 Å². The zero-order chi connectivity index (χ0) is 23.0. The molecular formula is C23H25ClF3N3O3. The number of carbonyl (C=O) groups is 2. The van der Waals surface area contributed by atoms with Gasteiger partial charge in [0.05, 0.1) is 17.9 Å². The summed E-state index contributed by atoms with van der Waals surface area (Å²) in [5.74, 6) is -4.09. The van der Waals surface area contributed by atoms with Gasteiger partial charge < -0.3 is 10.1 Å². The van der Waals surface area contributed by atoms with Gasteiger partial charge in [0.25, 0.3) is 0 Å². The third kappa shape index (κ3) is 4.94. The Morgan fingerprint density at radius 1 is 1.15 bits per heavy atom. The van der Waals surface area contributed by atoms with Gasteiger partial charge in [0.15, 0.2) is 11.6 Å². The van der Waals surface area contributed by atoms with Crippen LogP contribution in [0.1, 0.15) is 29.5 Å². The lowest BCUT2D eigenvalue weighted by Crippen LogP contribution is -2.50. The summed E-state index contributed by atoms with van der Waals surface area (Å²) in [6.45, 7) is 4.34. The van der Waals surface area contributed by atoms with Crippen molar-refractivity contribution >= 4 is 35.8 Å². The molecule has 2 aliphatic heterocycles. The summed E-state index contributed by atoms with van der Waals surface area (Å²) in [5.41, 5.74) is 1.90. The fraction of sp³-hybridized carbons (Fsp3) is 0.391. The van der Waals surface area contributed by atoms with Crippen molar-refractivity contribution in [2.24, 2.45) is 0 Å². The van der Waals surface area contributed by atoms with Gasteiger partial charge in [0, 0.05) is 36.3 Å². The van der Waals surface area contributed by atoms with Crippen LogP contribution in [0.2, 0.25) is 0 Å². The summed E-state index contributed by atoms with van der Waals surface area (Å²) in [4.78, 5) is 28.4. The summed E-state index contributed by atoms with van der Waals surface area (Å²) in [5, 5.41) is 2.25. The highest BCUT2D eigenvalue weighted by molar-refractivity contribution is 5.93. The molecule has 178 valence electrons. The third-order valence-corrected chi connectivity index (χ3v) is 6.06. The van der Waals surface area contributed by atoms with E-state index < -0.39 is 34.6 Å². The third-order valence-electron chi connectivity index (χ3n) is 6.06. The van der Waals surface area contributed by atoms with E-state index in [4.69, 9.17) is 4.74 Å². The molecule has 33 heavy (non-hydrogen) atoms. The predicted octanol–water partition coefficient (Wildman–Crippen LogP) is 4.70. The molecule has 10 heteroatoms. The van der Waals surface area contributed by atoms with Crippen molar-refractivity contribution in [1.29, 1.82) is 0 Å². The molecule has 0 bridgehead atoms. The van der Waals surface area contributed by atoms with Crippen LogP contribution in [0, 0.1) is 31.3 Å². The Labute approximate surface area is 196 Å². The quantitative estimate of drug-likeness (QED) is 0.640. The number of rotatable bonds is 4. The van der Waals surface area contributed by atoms with Crippen LogP contribution in [0.5, 0.6) is 0 Å². The van der Waals surface area contributed by atoms with Crippen molar-refractivity contribution in [2.75, 3.05) is 29.9 Å². The van der Waals surface area contributed by atoms with Crippen molar-refractivity contribution in [3.63, 3.8) is 0 Å². The van der Waals surface area contributed by atoms with E-state index in [1.54, 1.807) is 4.90 Å². The standard InChI is InChI=1S/C23H24F3N3O3.ClH/c1-13-4-3-5-15-12-32-23(31)29(22(13)15)16-6-8-28(9-7-16)11-19(30)27-18-10-17(24)14(2)20(25)21(18)26;/h3-5,10,16H,6-9,11-12H2,1-2H3,(H,27,30);1H. The lowest BCUT2D eigenvalue weighted by molar-refractivity contribution is -0.117. The first-order valence-electron chi connectivity index (χ1n) is 10.5. The number of benzene rings is 2. The first-order chi connectivity index (χ1) is 15.3. The van der Waals surface area contributed by atoms with E-state index in [1.165, 1.54) is 0 Å². The zero-order valence-corrected chi connectivity index (χ0v) is 19.1. The minimum Gasteiger partial charge on any atom is -0.444 e. The van der Waals surface area contributed by atoms with Gasteiger partial charge in [-0.2, -0.15) is 0 Å². The molecule has 4 rings (SSSR count). The first-order valence-corrected chi connectivity index (χ1v) is 10.5. The molecule has 0 saturated carbocycles. The van der Waals surface area contributed by atoms with E-state index in [2.05, 4.69) is 5.32 Å². The molecule has 2 aromatic rings. The lowest BCUT2D eigenvalue weighted by atomic mass is 9.99. The summed E-state index contributed by atoms with van der Waals surface area (Å²) in [6.07, 6.45) is 0.873. The second-order valence-electron chi connectivity index (χ2n) is 8.22. The van der Waals surface area contributed by atoms with Crippen LogP contribution < -0.4 is 10.2 Å². The monoisotopic (exact) mass is 483 g/mol. The van der Waals surface area contributed by atoms with Crippen LogP contribution in [0.25, 0.3) is 0 Å². The van der Waals surface area contributed by atoms with Gasteiger partial charge in [-0.25, -0.2) is 18.0 Å². The number of ether oxygens (including phenoxy) is 1. The minimum absolute atomic E-state index is 0. The molecule has 2 aromatic carbocycles. The second-order valence-corrected chi connectivity index (χ2v) is 8.22. The van der Waals surface area contributed by atoms with E-state index in [-0.39, 0.29) is 37.7 Å². The van der Waals surface area contributed by atoms with Gasteiger partial charge in [-0.05, 0) is 32.3 Å². The Hall–Kier alpha value is -2.78. The van der Waals surface area contributed by atoms with Crippen LogP contribution in [0.15, 0.2) is 24.3 Å². The second kappa shape index (κ2) is 10.0. The molecule has 1 N–H and O–H groups in total. The number of anilines is 2. The molecule has 2 heterocycles.